The molecule has 0 aliphatic carbocycles. The number of rotatable bonds is 3. The van der Waals surface area contributed by atoms with Crippen molar-refractivity contribution in [1.29, 1.82) is 0 Å². The average molecular weight is 263 g/mol. The van der Waals surface area contributed by atoms with Crippen LogP contribution in [-0.2, 0) is 16.1 Å². The zero-order chi connectivity index (χ0) is 13.1. The number of aliphatic hydroxyl groups excluding tert-OH is 1. The van der Waals surface area contributed by atoms with Gasteiger partial charge in [-0.15, -0.1) is 0 Å². The van der Waals surface area contributed by atoms with Crippen LogP contribution in [0.25, 0.3) is 0 Å². The summed E-state index contributed by atoms with van der Waals surface area (Å²) in [5.74, 6) is 0.525. The van der Waals surface area contributed by atoms with E-state index in [0.717, 1.165) is 50.3 Å². The fourth-order valence-electron chi connectivity index (χ4n) is 2.89. The van der Waals surface area contributed by atoms with Crippen molar-refractivity contribution in [1.82, 2.24) is 5.32 Å². The summed E-state index contributed by atoms with van der Waals surface area (Å²) in [6.07, 6.45) is 1.84. The first-order chi connectivity index (χ1) is 9.38. The van der Waals surface area contributed by atoms with Gasteiger partial charge in [0.15, 0.2) is 6.29 Å². The predicted molar refractivity (Wildman–Crippen MR) is 71.9 cm³/mol. The zero-order valence-corrected chi connectivity index (χ0v) is 11.1. The van der Waals surface area contributed by atoms with Crippen molar-refractivity contribution in [2.75, 3.05) is 26.3 Å². The molecule has 19 heavy (non-hydrogen) atoms. The van der Waals surface area contributed by atoms with Gasteiger partial charge in [0, 0.05) is 12.1 Å². The number of hydrogen-bond acceptors (Lipinski definition) is 4. The molecule has 2 heterocycles. The Morgan fingerprint density at radius 3 is 2.74 bits per heavy atom. The maximum atomic E-state index is 9.32. The molecule has 2 aliphatic rings. The monoisotopic (exact) mass is 263 g/mol. The van der Waals surface area contributed by atoms with Gasteiger partial charge < -0.3 is 19.9 Å². The van der Waals surface area contributed by atoms with Crippen LogP contribution in [0.3, 0.4) is 0 Å². The van der Waals surface area contributed by atoms with Crippen molar-refractivity contribution >= 4 is 0 Å². The molecule has 0 spiro atoms. The smallest absolute Gasteiger partial charge is 0.184 e. The van der Waals surface area contributed by atoms with Crippen LogP contribution in [0, 0.1) is 0 Å². The lowest BCUT2D eigenvalue weighted by atomic mass is 9.91. The molecule has 1 atom stereocenters. The number of nitrogens with one attached hydrogen (secondary N) is 1. The Morgan fingerprint density at radius 1 is 1.21 bits per heavy atom. The first-order valence-electron chi connectivity index (χ1n) is 7.06. The standard InChI is InChI=1S/C15H21NO3/c17-10-11-2-3-13(12-4-5-16-9-12)14(8-11)15-18-6-1-7-19-15/h2-3,8,12,15-17H,1,4-7,9-10H2. The molecule has 104 valence electrons. The van der Waals surface area contributed by atoms with Crippen LogP contribution in [0.2, 0.25) is 0 Å². The van der Waals surface area contributed by atoms with Gasteiger partial charge in [-0.25, -0.2) is 0 Å². The highest BCUT2D eigenvalue weighted by Gasteiger charge is 2.25. The molecular formula is C15H21NO3. The minimum Gasteiger partial charge on any atom is -0.392 e. The topological polar surface area (TPSA) is 50.7 Å². The number of ether oxygens (including phenoxy) is 2. The largest absolute Gasteiger partial charge is 0.392 e. The predicted octanol–water partition coefficient (Wildman–Crippen LogP) is 1.69. The van der Waals surface area contributed by atoms with Crippen molar-refractivity contribution in [3.63, 3.8) is 0 Å². The highest BCUT2D eigenvalue weighted by Crippen LogP contribution is 2.33. The maximum absolute atomic E-state index is 9.32. The number of benzene rings is 1. The first kappa shape index (κ1) is 13.1. The van der Waals surface area contributed by atoms with E-state index < -0.39 is 0 Å². The molecule has 2 fully saturated rings. The summed E-state index contributed by atoms with van der Waals surface area (Å²) in [6, 6.07) is 6.16. The molecule has 2 N–H and O–H groups in total. The van der Waals surface area contributed by atoms with E-state index in [9.17, 15) is 5.11 Å². The van der Waals surface area contributed by atoms with Gasteiger partial charge in [0.25, 0.3) is 0 Å². The second-order valence-corrected chi connectivity index (χ2v) is 5.24. The summed E-state index contributed by atoms with van der Waals surface area (Å²) in [6.45, 7) is 3.63. The van der Waals surface area contributed by atoms with E-state index in [-0.39, 0.29) is 12.9 Å². The van der Waals surface area contributed by atoms with Crippen LogP contribution in [0.5, 0.6) is 0 Å². The van der Waals surface area contributed by atoms with Crippen molar-refractivity contribution in [2.45, 2.75) is 31.7 Å². The van der Waals surface area contributed by atoms with Crippen molar-refractivity contribution in [3.05, 3.63) is 34.9 Å². The Balaban J connectivity index is 1.92. The summed E-state index contributed by atoms with van der Waals surface area (Å²) >= 11 is 0. The average Bonchev–Trinajstić information content (AvgIpc) is 3.01. The van der Waals surface area contributed by atoms with E-state index in [0.29, 0.717) is 5.92 Å². The van der Waals surface area contributed by atoms with Gasteiger partial charge in [0.1, 0.15) is 0 Å². The van der Waals surface area contributed by atoms with Gasteiger partial charge in [-0.3, -0.25) is 0 Å². The third kappa shape index (κ3) is 2.82. The lowest BCUT2D eigenvalue weighted by Gasteiger charge is -2.27. The van der Waals surface area contributed by atoms with E-state index in [1.54, 1.807) is 0 Å². The summed E-state index contributed by atoms with van der Waals surface area (Å²) < 4.78 is 11.5. The van der Waals surface area contributed by atoms with Crippen LogP contribution >= 0.6 is 0 Å². The Morgan fingerprint density at radius 2 is 2.05 bits per heavy atom. The maximum Gasteiger partial charge on any atom is 0.184 e. The summed E-state index contributed by atoms with van der Waals surface area (Å²) in [5, 5.41) is 12.7. The Labute approximate surface area is 113 Å². The second-order valence-electron chi connectivity index (χ2n) is 5.24. The lowest BCUT2D eigenvalue weighted by molar-refractivity contribution is -0.183. The van der Waals surface area contributed by atoms with Crippen molar-refractivity contribution < 1.29 is 14.6 Å². The molecule has 1 aromatic rings. The van der Waals surface area contributed by atoms with Crippen molar-refractivity contribution in [2.24, 2.45) is 0 Å². The molecule has 4 heteroatoms. The normalized spacial score (nSPS) is 24.8. The van der Waals surface area contributed by atoms with Crippen LogP contribution in [-0.4, -0.2) is 31.4 Å². The minimum atomic E-state index is -0.268. The number of hydrogen-bond donors (Lipinski definition) is 2. The number of aliphatic hydroxyl groups is 1. The molecule has 0 aromatic heterocycles. The Bertz CT molecular complexity index is 423. The van der Waals surface area contributed by atoms with Gasteiger partial charge in [-0.2, -0.15) is 0 Å². The Kier molecular flexibility index (Phi) is 4.13. The van der Waals surface area contributed by atoms with E-state index in [4.69, 9.17) is 9.47 Å². The van der Waals surface area contributed by atoms with Crippen LogP contribution < -0.4 is 5.32 Å². The fourth-order valence-corrected chi connectivity index (χ4v) is 2.89. The third-order valence-electron chi connectivity index (χ3n) is 3.91. The fraction of sp³-hybridized carbons (Fsp3) is 0.600. The SMILES string of the molecule is OCc1ccc(C2CCNC2)c(C2OCCCO2)c1. The molecule has 1 unspecified atom stereocenters. The van der Waals surface area contributed by atoms with Crippen LogP contribution in [0.4, 0.5) is 0 Å². The van der Waals surface area contributed by atoms with Crippen molar-refractivity contribution in [3.8, 4) is 0 Å². The van der Waals surface area contributed by atoms with E-state index in [2.05, 4.69) is 11.4 Å². The molecule has 2 aliphatic heterocycles. The third-order valence-corrected chi connectivity index (χ3v) is 3.91. The molecule has 1 aromatic carbocycles. The highest BCUT2D eigenvalue weighted by atomic mass is 16.7. The molecule has 0 bridgehead atoms. The van der Waals surface area contributed by atoms with Gasteiger partial charge in [0.2, 0.25) is 0 Å². The molecule has 0 amide bonds. The molecule has 2 saturated heterocycles. The van der Waals surface area contributed by atoms with Gasteiger partial charge in [-0.1, -0.05) is 12.1 Å². The van der Waals surface area contributed by atoms with Crippen LogP contribution in [0.1, 0.15) is 41.7 Å². The summed E-state index contributed by atoms with van der Waals surface area (Å²) in [4.78, 5) is 0. The molecule has 0 saturated carbocycles. The lowest BCUT2D eigenvalue weighted by Crippen LogP contribution is -2.20. The Hall–Kier alpha value is -0.940. The van der Waals surface area contributed by atoms with E-state index in [1.165, 1.54) is 5.56 Å². The van der Waals surface area contributed by atoms with E-state index in [1.807, 2.05) is 12.1 Å². The zero-order valence-electron chi connectivity index (χ0n) is 11.1. The van der Waals surface area contributed by atoms with Gasteiger partial charge in [-0.05, 0) is 42.5 Å². The molecule has 4 nitrogen and oxygen atoms in total. The van der Waals surface area contributed by atoms with Gasteiger partial charge >= 0.3 is 0 Å². The van der Waals surface area contributed by atoms with E-state index >= 15 is 0 Å². The first-order valence-corrected chi connectivity index (χ1v) is 7.06. The summed E-state index contributed by atoms with van der Waals surface area (Å²) in [5.41, 5.74) is 3.32. The van der Waals surface area contributed by atoms with Gasteiger partial charge in [0.05, 0.1) is 19.8 Å². The summed E-state index contributed by atoms with van der Waals surface area (Å²) in [7, 11) is 0. The molecular weight excluding hydrogens is 242 g/mol. The minimum absolute atomic E-state index is 0.0584. The molecule has 0 radical (unpaired) electrons. The van der Waals surface area contributed by atoms with Crippen LogP contribution in [0.15, 0.2) is 18.2 Å². The molecule has 3 rings (SSSR count). The highest BCUT2D eigenvalue weighted by molar-refractivity contribution is 5.36. The second kappa shape index (κ2) is 6.01. The quantitative estimate of drug-likeness (QED) is 0.871.